The third kappa shape index (κ3) is 2.29. The van der Waals surface area contributed by atoms with Crippen LogP contribution in [-0.2, 0) is 11.3 Å². The predicted octanol–water partition coefficient (Wildman–Crippen LogP) is 0.951. The smallest absolute Gasteiger partial charge is 0.323 e. The minimum absolute atomic E-state index is 0.223. The van der Waals surface area contributed by atoms with Crippen molar-refractivity contribution >= 4 is 11.7 Å². The van der Waals surface area contributed by atoms with Gasteiger partial charge < -0.3 is 9.67 Å². The molecule has 2 heterocycles. The first-order valence-electron chi connectivity index (χ1n) is 6.30. The van der Waals surface area contributed by atoms with E-state index in [4.69, 9.17) is 5.11 Å². The van der Waals surface area contributed by atoms with E-state index in [9.17, 15) is 9.59 Å². The van der Waals surface area contributed by atoms with Gasteiger partial charge in [-0.15, -0.1) is 5.10 Å². The summed E-state index contributed by atoms with van der Waals surface area (Å²) in [4.78, 5) is 27.3. The fourth-order valence-electron chi connectivity index (χ4n) is 2.14. The van der Waals surface area contributed by atoms with Crippen LogP contribution in [-0.4, -0.2) is 30.2 Å². The van der Waals surface area contributed by atoms with Gasteiger partial charge in [-0.05, 0) is 6.92 Å². The van der Waals surface area contributed by atoms with Gasteiger partial charge in [0, 0.05) is 17.3 Å². The van der Waals surface area contributed by atoms with Crippen LogP contribution in [0.15, 0.2) is 41.2 Å². The molecule has 0 radical (unpaired) electrons. The first-order chi connectivity index (χ1) is 10.1. The van der Waals surface area contributed by atoms with Crippen molar-refractivity contribution in [2.45, 2.75) is 13.5 Å². The Hall–Kier alpha value is -2.96. The van der Waals surface area contributed by atoms with Crippen LogP contribution in [0.25, 0.3) is 17.2 Å². The average molecular weight is 284 g/mol. The summed E-state index contributed by atoms with van der Waals surface area (Å²) in [5.74, 6) is -0.397. The van der Waals surface area contributed by atoms with E-state index in [1.165, 1.54) is 10.6 Å². The lowest BCUT2D eigenvalue weighted by atomic mass is 10.2. The van der Waals surface area contributed by atoms with Crippen LogP contribution in [0.2, 0.25) is 0 Å². The van der Waals surface area contributed by atoms with Gasteiger partial charge in [0.05, 0.1) is 0 Å². The van der Waals surface area contributed by atoms with Gasteiger partial charge in [0.1, 0.15) is 6.54 Å². The fourth-order valence-corrected chi connectivity index (χ4v) is 2.14. The number of benzene rings is 1. The molecule has 0 spiro atoms. The van der Waals surface area contributed by atoms with E-state index in [0.29, 0.717) is 11.5 Å². The van der Waals surface area contributed by atoms with Crippen LogP contribution in [0, 0.1) is 6.92 Å². The quantitative estimate of drug-likeness (QED) is 0.773. The van der Waals surface area contributed by atoms with E-state index in [1.54, 1.807) is 6.92 Å². The molecule has 106 valence electrons. The van der Waals surface area contributed by atoms with Gasteiger partial charge in [-0.3, -0.25) is 9.59 Å². The number of aromatic nitrogens is 4. The van der Waals surface area contributed by atoms with Crippen molar-refractivity contribution < 1.29 is 9.90 Å². The van der Waals surface area contributed by atoms with Crippen LogP contribution in [0.5, 0.6) is 0 Å². The van der Waals surface area contributed by atoms with Gasteiger partial charge in [-0.2, -0.15) is 9.50 Å². The number of hydrogen-bond acceptors (Lipinski definition) is 4. The fraction of sp³-hybridized carbons (Fsp3) is 0.143. The van der Waals surface area contributed by atoms with Crippen LogP contribution >= 0.6 is 0 Å². The first kappa shape index (κ1) is 13.0. The molecule has 7 nitrogen and oxygen atoms in total. The minimum Gasteiger partial charge on any atom is -0.480 e. The summed E-state index contributed by atoms with van der Waals surface area (Å²) in [7, 11) is 0. The summed E-state index contributed by atoms with van der Waals surface area (Å²) in [6.07, 6.45) is 0. The Morgan fingerprint density at radius 1 is 1.29 bits per heavy atom. The maximum Gasteiger partial charge on any atom is 0.323 e. The molecule has 0 unspecified atom stereocenters. The Labute approximate surface area is 119 Å². The van der Waals surface area contributed by atoms with Crippen molar-refractivity contribution in [1.82, 2.24) is 19.2 Å². The van der Waals surface area contributed by atoms with Gasteiger partial charge in [-0.25, -0.2) is 0 Å². The second-order valence-corrected chi connectivity index (χ2v) is 4.62. The Morgan fingerprint density at radius 2 is 2.00 bits per heavy atom. The minimum atomic E-state index is -1.01. The third-order valence-corrected chi connectivity index (χ3v) is 3.12. The normalized spacial score (nSPS) is 10.9. The van der Waals surface area contributed by atoms with E-state index in [1.807, 2.05) is 30.3 Å². The molecule has 3 rings (SSSR count). The number of carboxylic acids is 1. The number of nitrogens with zero attached hydrogens (tertiary/aromatic N) is 4. The number of hydrogen-bond donors (Lipinski definition) is 1. The molecule has 7 heteroatoms. The number of rotatable bonds is 3. The van der Waals surface area contributed by atoms with E-state index in [2.05, 4.69) is 10.1 Å². The van der Waals surface area contributed by atoms with Gasteiger partial charge in [0.15, 0.2) is 5.82 Å². The van der Waals surface area contributed by atoms with Crippen LogP contribution < -0.4 is 5.56 Å². The van der Waals surface area contributed by atoms with E-state index in [-0.39, 0.29) is 17.9 Å². The average Bonchev–Trinajstić information content (AvgIpc) is 2.90. The van der Waals surface area contributed by atoms with Crippen molar-refractivity contribution in [2.75, 3.05) is 0 Å². The predicted molar refractivity (Wildman–Crippen MR) is 75.1 cm³/mol. The topological polar surface area (TPSA) is 89.5 Å². The Morgan fingerprint density at radius 3 is 2.67 bits per heavy atom. The molecule has 0 amide bonds. The molecular formula is C14H12N4O3. The lowest BCUT2D eigenvalue weighted by molar-refractivity contribution is -0.137. The summed E-state index contributed by atoms with van der Waals surface area (Å²) < 4.78 is 2.57. The van der Waals surface area contributed by atoms with Crippen molar-refractivity contribution in [3.05, 3.63) is 52.4 Å². The van der Waals surface area contributed by atoms with E-state index in [0.717, 1.165) is 10.1 Å². The molecule has 2 aromatic heterocycles. The number of aliphatic carboxylic acids is 1. The highest BCUT2D eigenvalue weighted by Crippen LogP contribution is 2.15. The largest absolute Gasteiger partial charge is 0.480 e. The zero-order valence-corrected chi connectivity index (χ0v) is 11.2. The summed E-state index contributed by atoms with van der Waals surface area (Å²) in [5, 5.41) is 13.2. The number of aryl methyl sites for hydroxylation is 1. The zero-order chi connectivity index (χ0) is 15.0. The molecule has 0 aliphatic carbocycles. The Bertz CT molecular complexity index is 880. The van der Waals surface area contributed by atoms with Crippen molar-refractivity contribution in [1.29, 1.82) is 0 Å². The van der Waals surface area contributed by atoms with Gasteiger partial charge in [0.25, 0.3) is 5.56 Å². The highest BCUT2D eigenvalue weighted by molar-refractivity contribution is 5.67. The maximum absolute atomic E-state index is 12.0. The van der Waals surface area contributed by atoms with Crippen LogP contribution in [0.3, 0.4) is 0 Å². The SMILES string of the molecule is Cc1cc(=O)n2nc(-c3ccccc3)nc2n1CC(=O)O. The molecular weight excluding hydrogens is 272 g/mol. The molecule has 0 bridgehead atoms. The van der Waals surface area contributed by atoms with Crippen LogP contribution in [0.4, 0.5) is 0 Å². The lowest BCUT2D eigenvalue weighted by Crippen LogP contribution is -2.22. The lowest BCUT2D eigenvalue weighted by Gasteiger charge is -2.07. The molecule has 21 heavy (non-hydrogen) atoms. The maximum atomic E-state index is 12.0. The second kappa shape index (κ2) is 4.86. The van der Waals surface area contributed by atoms with Crippen LogP contribution in [0.1, 0.15) is 5.69 Å². The molecule has 0 atom stereocenters. The van der Waals surface area contributed by atoms with E-state index >= 15 is 0 Å². The molecule has 1 N–H and O–H groups in total. The van der Waals surface area contributed by atoms with Gasteiger partial charge >= 0.3 is 5.97 Å². The van der Waals surface area contributed by atoms with Gasteiger partial charge in [0.2, 0.25) is 5.78 Å². The monoisotopic (exact) mass is 284 g/mol. The molecule has 0 saturated heterocycles. The zero-order valence-electron chi connectivity index (χ0n) is 11.2. The molecule has 0 aliphatic rings. The standard InChI is InChI=1S/C14H12N4O3/c1-9-7-11(19)18-14(17(9)8-12(20)21)15-13(16-18)10-5-3-2-4-6-10/h2-7H,8H2,1H3,(H,20,21). The molecule has 1 aromatic carbocycles. The summed E-state index contributed by atoms with van der Waals surface area (Å²) in [6.45, 7) is 1.39. The second-order valence-electron chi connectivity index (χ2n) is 4.62. The highest BCUT2D eigenvalue weighted by atomic mass is 16.4. The van der Waals surface area contributed by atoms with E-state index < -0.39 is 5.97 Å². The molecule has 3 aromatic rings. The van der Waals surface area contributed by atoms with Crippen molar-refractivity contribution in [3.8, 4) is 11.4 Å². The van der Waals surface area contributed by atoms with Crippen molar-refractivity contribution in [3.63, 3.8) is 0 Å². The highest BCUT2D eigenvalue weighted by Gasteiger charge is 2.14. The first-order valence-corrected chi connectivity index (χ1v) is 6.30. The number of carbonyl (C=O) groups is 1. The number of fused-ring (bicyclic) bond motifs is 1. The third-order valence-electron chi connectivity index (χ3n) is 3.12. The molecule has 0 saturated carbocycles. The Balaban J connectivity index is 2.27. The summed E-state index contributed by atoms with van der Waals surface area (Å²) in [6, 6.07) is 10.6. The number of carboxylic acid groups (broad SMARTS) is 1. The van der Waals surface area contributed by atoms with Crippen molar-refractivity contribution in [2.24, 2.45) is 0 Å². The Kier molecular flexibility index (Phi) is 3.02. The summed E-state index contributed by atoms with van der Waals surface area (Å²) in [5.41, 5.74) is 0.959. The van der Waals surface area contributed by atoms with Gasteiger partial charge in [-0.1, -0.05) is 30.3 Å². The molecule has 0 aliphatic heterocycles. The summed E-state index contributed by atoms with van der Waals surface area (Å²) >= 11 is 0. The molecule has 0 fully saturated rings.